The molecule has 0 unspecified atom stereocenters. The van der Waals surface area contributed by atoms with Crippen LogP contribution in [-0.2, 0) is 6.54 Å². The predicted octanol–water partition coefficient (Wildman–Crippen LogP) is 4.56. The van der Waals surface area contributed by atoms with E-state index in [4.69, 9.17) is 4.98 Å². The number of aromatic nitrogens is 2. The van der Waals surface area contributed by atoms with E-state index in [9.17, 15) is 0 Å². The maximum Gasteiger partial charge on any atom is 0.227 e. The van der Waals surface area contributed by atoms with Crippen LogP contribution in [0.5, 0.6) is 0 Å². The fourth-order valence-electron chi connectivity index (χ4n) is 2.56. The highest BCUT2D eigenvalue weighted by Gasteiger charge is 2.11. The normalized spacial score (nSPS) is 10.4. The van der Waals surface area contributed by atoms with E-state index in [0.717, 1.165) is 36.2 Å². The Labute approximate surface area is 143 Å². The lowest BCUT2D eigenvalue weighted by atomic mass is 10.2. The molecule has 24 heavy (non-hydrogen) atoms. The zero-order valence-electron chi connectivity index (χ0n) is 14.1. The molecule has 3 rings (SSSR count). The minimum absolute atomic E-state index is 0.750. The van der Waals surface area contributed by atoms with Crippen LogP contribution in [0.25, 0.3) is 0 Å². The highest BCUT2D eigenvalue weighted by molar-refractivity contribution is 5.57. The number of para-hydroxylation sites is 1. The van der Waals surface area contributed by atoms with Crippen LogP contribution in [0.1, 0.15) is 18.2 Å². The molecule has 0 radical (unpaired) electrons. The van der Waals surface area contributed by atoms with E-state index in [1.165, 1.54) is 5.56 Å². The van der Waals surface area contributed by atoms with Gasteiger partial charge in [-0.2, -0.15) is 4.98 Å². The maximum absolute atomic E-state index is 4.70. The lowest BCUT2D eigenvalue weighted by molar-refractivity contribution is 0.788. The Bertz CT molecular complexity index is 772. The van der Waals surface area contributed by atoms with Crippen molar-refractivity contribution in [2.75, 3.05) is 16.8 Å². The van der Waals surface area contributed by atoms with Gasteiger partial charge in [0.2, 0.25) is 5.95 Å². The quantitative estimate of drug-likeness (QED) is 0.723. The Morgan fingerprint density at radius 1 is 0.917 bits per heavy atom. The molecule has 0 saturated heterocycles. The number of rotatable bonds is 6. The molecule has 1 heterocycles. The topological polar surface area (TPSA) is 41.1 Å². The van der Waals surface area contributed by atoms with Crippen molar-refractivity contribution in [3.05, 3.63) is 78.0 Å². The monoisotopic (exact) mass is 318 g/mol. The third-order valence-corrected chi connectivity index (χ3v) is 3.77. The molecule has 1 N–H and O–H groups in total. The van der Waals surface area contributed by atoms with Crippen LogP contribution in [0.15, 0.2) is 66.7 Å². The lowest BCUT2D eigenvalue weighted by Crippen LogP contribution is -2.24. The molecule has 0 aliphatic heterocycles. The summed E-state index contributed by atoms with van der Waals surface area (Å²) in [6.45, 7) is 5.77. The molecule has 0 aliphatic rings. The van der Waals surface area contributed by atoms with Crippen molar-refractivity contribution in [1.82, 2.24) is 9.97 Å². The predicted molar refractivity (Wildman–Crippen MR) is 99.7 cm³/mol. The van der Waals surface area contributed by atoms with Crippen molar-refractivity contribution >= 4 is 17.5 Å². The molecule has 0 fully saturated rings. The summed E-state index contributed by atoms with van der Waals surface area (Å²) >= 11 is 0. The molecule has 0 spiro atoms. The molecule has 0 bridgehead atoms. The SMILES string of the molecule is CCN(Cc1ccccc1)c1nc(C)cc(Nc2ccccc2)n1. The fraction of sp³-hybridized carbons (Fsp3) is 0.200. The molecular weight excluding hydrogens is 296 g/mol. The van der Waals surface area contributed by atoms with E-state index in [1.807, 2.05) is 49.4 Å². The summed E-state index contributed by atoms with van der Waals surface area (Å²) in [5.41, 5.74) is 3.22. The zero-order valence-corrected chi connectivity index (χ0v) is 14.1. The van der Waals surface area contributed by atoms with Gasteiger partial charge in [0.05, 0.1) is 0 Å². The standard InChI is InChI=1S/C20H22N4/c1-3-24(15-17-10-6-4-7-11-17)20-21-16(2)14-19(23-20)22-18-12-8-5-9-13-18/h4-14H,3,15H2,1-2H3,(H,21,22,23). The number of hydrogen-bond acceptors (Lipinski definition) is 4. The second-order valence-corrected chi connectivity index (χ2v) is 5.69. The first-order chi connectivity index (χ1) is 11.7. The molecule has 0 aliphatic carbocycles. The molecule has 122 valence electrons. The molecule has 4 nitrogen and oxygen atoms in total. The first-order valence-electron chi connectivity index (χ1n) is 8.21. The molecular formula is C20H22N4. The van der Waals surface area contributed by atoms with Gasteiger partial charge in [-0.05, 0) is 31.5 Å². The third kappa shape index (κ3) is 4.10. The molecule has 4 heteroatoms. The van der Waals surface area contributed by atoms with Crippen molar-refractivity contribution in [2.24, 2.45) is 0 Å². The first kappa shape index (κ1) is 16.0. The van der Waals surface area contributed by atoms with Gasteiger partial charge in [0, 0.05) is 30.5 Å². The van der Waals surface area contributed by atoms with Crippen LogP contribution in [-0.4, -0.2) is 16.5 Å². The van der Waals surface area contributed by atoms with Gasteiger partial charge in [0.1, 0.15) is 5.82 Å². The summed E-state index contributed by atoms with van der Waals surface area (Å²) in [7, 11) is 0. The van der Waals surface area contributed by atoms with E-state index >= 15 is 0 Å². The van der Waals surface area contributed by atoms with Crippen LogP contribution in [0.3, 0.4) is 0 Å². The van der Waals surface area contributed by atoms with Gasteiger partial charge in [-0.1, -0.05) is 48.5 Å². The number of hydrogen-bond donors (Lipinski definition) is 1. The van der Waals surface area contributed by atoms with Gasteiger partial charge in [0.25, 0.3) is 0 Å². The number of benzene rings is 2. The summed E-state index contributed by atoms with van der Waals surface area (Å²) in [6.07, 6.45) is 0. The Kier molecular flexibility index (Phi) is 5.06. The van der Waals surface area contributed by atoms with Crippen LogP contribution in [0.2, 0.25) is 0 Å². The van der Waals surface area contributed by atoms with Crippen LogP contribution >= 0.6 is 0 Å². The van der Waals surface area contributed by atoms with Crippen LogP contribution < -0.4 is 10.2 Å². The van der Waals surface area contributed by atoms with Gasteiger partial charge in [-0.15, -0.1) is 0 Å². The van der Waals surface area contributed by atoms with E-state index < -0.39 is 0 Å². The average Bonchev–Trinajstić information content (AvgIpc) is 2.61. The second kappa shape index (κ2) is 7.59. The fourth-order valence-corrected chi connectivity index (χ4v) is 2.56. The van der Waals surface area contributed by atoms with Crippen molar-refractivity contribution in [3.63, 3.8) is 0 Å². The number of aryl methyl sites for hydroxylation is 1. The minimum atomic E-state index is 0.750. The van der Waals surface area contributed by atoms with Crippen LogP contribution in [0.4, 0.5) is 17.5 Å². The average molecular weight is 318 g/mol. The molecule has 0 saturated carbocycles. The van der Waals surface area contributed by atoms with Crippen molar-refractivity contribution in [3.8, 4) is 0 Å². The van der Waals surface area contributed by atoms with Crippen LogP contribution in [0, 0.1) is 6.92 Å². The molecule has 0 atom stereocenters. The zero-order chi connectivity index (χ0) is 16.8. The van der Waals surface area contributed by atoms with Crippen molar-refractivity contribution < 1.29 is 0 Å². The summed E-state index contributed by atoms with van der Waals surface area (Å²) in [6, 6.07) is 22.4. The number of nitrogens with one attached hydrogen (secondary N) is 1. The Morgan fingerprint density at radius 3 is 2.25 bits per heavy atom. The largest absolute Gasteiger partial charge is 0.340 e. The van der Waals surface area contributed by atoms with Crippen molar-refractivity contribution in [2.45, 2.75) is 20.4 Å². The Morgan fingerprint density at radius 2 is 1.58 bits per heavy atom. The van der Waals surface area contributed by atoms with Gasteiger partial charge in [-0.25, -0.2) is 4.98 Å². The van der Waals surface area contributed by atoms with E-state index in [-0.39, 0.29) is 0 Å². The minimum Gasteiger partial charge on any atom is -0.340 e. The summed E-state index contributed by atoms with van der Waals surface area (Å²) in [4.78, 5) is 11.5. The van der Waals surface area contributed by atoms with Gasteiger partial charge >= 0.3 is 0 Å². The lowest BCUT2D eigenvalue weighted by Gasteiger charge is -2.22. The van der Waals surface area contributed by atoms with E-state index in [2.05, 4.69) is 46.4 Å². The molecule has 1 aromatic heterocycles. The summed E-state index contributed by atoms with van der Waals surface area (Å²) < 4.78 is 0. The maximum atomic E-state index is 4.70. The van der Waals surface area contributed by atoms with Gasteiger partial charge in [0.15, 0.2) is 0 Å². The van der Waals surface area contributed by atoms with E-state index in [0.29, 0.717) is 0 Å². The highest BCUT2D eigenvalue weighted by Crippen LogP contribution is 2.19. The summed E-state index contributed by atoms with van der Waals surface area (Å²) in [5, 5.41) is 3.35. The molecule has 3 aromatic rings. The number of nitrogens with zero attached hydrogens (tertiary/aromatic N) is 3. The molecule has 0 amide bonds. The van der Waals surface area contributed by atoms with Gasteiger partial charge < -0.3 is 10.2 Å². The number of anilines is 3. The van der Waals surface area contributed by atoms with Gasteiger partial charge in [-0.3, -0.25) is 0 Å². The second-order valence-electron chi connectivity index (χ2n) is 5.69. The van der Waals surface area contributed by atoms with E-state index in [1.54, 1.807) is 0 Å². The van der Waals surface area contributed by atoms with Crippen molar-refractivity contribution in [1.29, 1.82) is 0 Å². The Hall–Kier alpha value is -2.88. The third-order valence-electron chi connectivity index (χ3n) is 3.77. The molecule has 2 aromatic carbocycles. The Balaban J connectivity index is 1.83. The first-order valence-corrected chi connectivity index (χ1v) is 8.21. The smallest absolute Gasteiger partial charge is 0.227 e. The highest BCUT2D eigenvalue weighted by atomic mass is 15.3. The summed E-state index contributed by atoms with van der Waals surface area (Å²) in [5.74, 6) is 1.56.